The number of imidazole rings is 1. The monoisotopic (exact) mass is 179 g/mol. The molecule has 0 fully saturated rings. The molecule has 1 aliphatic rings. The third-order valence-corrected chi connectivity index (χ3v) is 2.55. The Hall–Kier alpha value is -0.830. The maximum absolute atomic E-state index is 4.37. The molecule has 1 aromatic rings. The van der Waals surface area contributed by atoms with Gasteiger partial charge < -0.3 is 10.3 Å². The Morgan fingerprint density at radius 2 is 2.46 bits per heavy atom. The van der Waals surface area contributed by atoms with Crippen molar-refractivity contribution in [2.24, 2.45) is 5.92 Å². The highest BCUT2D eigenvalue weighted by Crippen LogP contribution is 2.24. The summed E-state index contributed by atoms with van der Waals surface area (Å²) >= 11 is 0. The Morgan fingerprint density at radius 1 is 1.62 bits per heavy atom. The van der Waals surface area contributed by atoms with Gasteiger partial charge in [0.1, 0.15) is 0 Å². The highest BCUT2D eigenvalue weighted by Gasteiger charge is 2.22. The fourth-order valence-corrected chi connectivity index (χ4v) is 1.97. The Bertz CT molecular complexity index is 277. The molecule has 1 aliphatic heterocycles. The van der Waals surface area contributed by atoms with Gasteiger partial charge in [-0.05, 0) is 12.3 Å². The van der Waals surface area contributed by atoms with Crippen LogP contribution in [-0.4, -0.2) is 16.5 Å². The molecule has 2 heterocycles. The highest BCUT2D eigenvalue weighted by molar-refractivity contribution is 5.18. The summed E-state index contributed by atoms with van der Waals surface area (Å²) < 4.78 is 0. The van der Waals surface area contributed by atoms with E-state index in [0.29, 0.717) is 6.04 Å². The van der Waals surface area contributed by atoms with E-state index in [1.807, 2.05) is 6.33 Å². The van der Waals surface area contributed by atoms with Gasteiger partial charge in [-0.25, -0.2) is 4.98 Å². The third-order valence-electron chi connectivity index (χ3n) is 2.55. The number of rotatable bonds is 2. The lowest BCUT2D eigenvalue weighted by atomic mass is 9.97. The van der Waals surface area contributed by atoms with Crippen molar-refractivity contribution in [3.63, 3.8) is 0 Å². The standard InChI is InChI=1S/C10H17N3/c1-7(2)5-9-10-8(3-4-11-9)12-6-13-10/h6-7,9,11H,3-5H2,1-2H3,(H,12,13). The number of hydrogen-bond acceptors (Lipinski definition) is 2. The lowest BCUT2D eigenvalue weighted by molar-refractivity contribution is 0.406. The van der Waals surface area contributed by atoms with Crippen LogP contribution in [0.4, 0.5) is 0 Å². The van der Waals surface area contributed by atoms with Crippen LogP contribution >= 0.6 is 0 Å². The molecule has 3 heteroatoms. The number of aromatic nitrogens is 2. The van der Waals surface area contributed by atoms with E-state index in [0.717, 1.165) is 18.9 Å². The molecule has 0 spiro atoms. The minimum absolute atomic E-state index is 0.468. The lowest BCUT2D eigenvalue weighted by Gasteiger charge is -2.24. The van der Waals surface area contributed by atoms with Crippen LogP contribution in [0.15, 0.2) is 6.33 Å². The molecule has 1 atom stereocenters. The van der Waals surface area contributed by atoms with E-state index >= 15 is 0 Å². The molecule has 1 aromatic heterocycles. The predicted molar refractivity (Wildman–Crippen MR) is 52.5 cm³/mol. The van der Waals surface area contributed by atoms with E-state index in [-0.39, 0.29) is 0 Å². The van der Waals surface area contributed by atoms with E-state index < -0.39 is 0 Å². The molecule has 0 saturated heterocycles. The second-order valence-electron chi connectivity index (χ2n) is 4.15. The second-order valence-corrected chi connectivity index (χ2v) is 4.15. The Labute approximate surface area is 79.0 Å². The molecule has 13 heavy (non-hydrogen) atoms. The molecule has 0 saturated carbocycles. The summed E-state index contributed by atoms with van der Waals surface area (Å²) in [7, 11) is 0. The van der Waals surface area contributed by atoms with Gasteiger partial charge in [0.05, 0.1) is 18.1 Å². The third kappa shape index (κ3) is 1.75. The van der Waals surface area contributed by atoms with Gasteiger partial charge in [-0.3, -0.25) is 0 Å². The van der Waals surface area contributed by atoms with Gasteiger partial charge in [0, 0.05) is 18.7 Å². The molecule has 0 amide bonds. The molecule has 2 rings (SSSR count). The lowest BCUT2D eigenvalue weighted by Crippen LogP contribution is -2.30. The zero-order valence-corrected chi connectivity index (χ0v) is 8.30. The SMILES string of the molecule is CC(C)CC1NCCc2[nH]cnc21. The zero-order chi connectivity index (χ0) is 9.26. The molecule has 1 unspecified atom stereocenters. The van der Waals surface area contributed by atoms with Crippen molar-refractivity contribution in [3.8, 4) is 0 Å². The Morgan fingerprint density at radius 3 is 3.23 bits per heavy atom. The summed E-state index contributed by atoms with van der Waals surface area (Å²) in [6.07, 6.45) is 4.08. The first-order valence-electron chi connectivity index (χ1n) is 5.03. The molecule has 3 nitrogen and oxygen atoms in total. The van der Waals surface area contributed by atoms with Gasteiger partial charge in [0.25, 0.3) is 0 Å². The quantitative estimate of drug-likeness (QED) is 0.724. The molecule has 72 valence electrons. The average molecular weight is 179 g/mol. The summed E-state index contributed by atoms with van der Waals surface area (Å²) in [5, 5.41) is 3.51. The van der Waals surface area contributed by atoms with Crippen LogP contribution < -0.4 is 5.32 Å². The minimum atomic E-state index is 0.468. The van der Waals surface area contributed by atoms with Crippen LogP contribution in [-0.2, 0) is 6.42 Å². The first-order valence-corrected chi connectivity index (χ1v) is 5.03. The summed E-state index contributed by atoms with van der Waals surface area (Å²) in [6.45, 7) is 5.58. The van der Waals surface area contributed by atoms with Crippen molar-refractivity contribution in [2.45, 2.75) is 32.7 Å². The summed E-state index contributed by atoms with van der Waals surface area (Å²) in [5.74, 6) is 0.722. The molecule has 0 radical (unpaired) electrons. The first kappa shape index (κ1) is 8.75. The number of H-pyrrole nitrogens is 1. The fourth-order valence-electron chi connectivity index (χ4n) is 1.97. The van der Waals surface area contributed by atoms with Crippen molar-refractivity contribution < 1.29 is 0 Å². The fraction of sp³-hybridized carbons (Fsp3) is 0.700. The Balaban J connectivity index is 2.15. The van der Waals surface area contributed by atoms with Crippen molar-refractivity contribution in [1.29, 1.82) is 0 Å². The predicted octanol–water partition coefficient (Wildman–Crippen LogP) is 1.64. The summed E-state index contributed by atoms with van der Waals surface area (Å²) in [6, 6.07) is 0.468. The average Bonchev–Trinajstić information content (AvgIpc) is 2.51. The van der Waals surface area contributed by atoms with E-state index in [9.17, 15) is 0 Å². The van der Waals surface area contributed by atoms with Crippen LogP contribution in [0.5, 0.6) is 0 Å². The van der Waals surface area contributed by atoms with Gasteiger partial charge in [-0.1, -0.05) is 13.8 Å². The van der Waals surface area contributed by atoms with Crippen molar-refractivity contribution in [1.82, 2.24) is 15.3 Å². The second kappa shape index (κ2) is 3.50. The molecular formula is C10H17N3. The number of fused-ring (bicyclic) bond motifs is 1. The minimum Gasteiger partial charge on any atom is -0.348 e. The summed E-state index contributed by atoms with van der Waals surface area (Å²) in [4.78, 5) is 7.58. The van der Waals surface area contributed by atoms with Gasteiger partial charge >= 0.3 is 0 Å². The number of nitrogens with one attached hydrogen (secondary N) is 2. The van der Waals surface area contributed by atoms with Crippen molar-refractivity contribution in [3.05, 3.63) is 17.7 Å². The Kier molecular flexibility index (Phi) is 2.36. The van der Waals surface area contributed by atoms with E-state index in [2.05, 4.69) is 29.1 Å². The summed E-state index contributed by atoms with van der Waals surface area (Å²) in [5.41, 5.74) is 2.56. The molecule has 0 aliphatic carbocycles. The number of nitrogens with zero attached hydrogens (tertiary/aromatic N) is 1. The molecular weight excluding hydrogens is 162 g/mol. The van der Waals surface area contributed by atoms with Gasteiger partial charge in [-0.15, -0.1) is 0 Å². The molecule has 0 aromatic carbocycles. The number of aromatic amines is 1. The van der Waals surface area contributed by atoms with Crippen LogP contribution in [0.1, 0.15) is 37.7 Å². The zero-order valence-electron chi connectivity index (χ0n) is 8.30. The topological polar surface area (TPSA) is 40.7 Å². The normalized spacial score (nSPS) is 21.9. The highest BCUT2D eigenvalue weighted by atomic mass is 15.0. The van der Waals surface area contributed by atoms with Crippen LogP contribution in [0.25, 0.3) is 0 Å². The van der Waals surface area contributed by atoms with Crippen LogP contribution in [0.2, 0.25) is 0 Å². The molecule has 0 bridgehead atoms. The smallest absolute Gasteiger partial charge is 0.0925 e. The van der Waals surface area contributed by atoms with Gasteiger partial charge in [0.15, 0.2) is 0 Å². The van der Waals surface area contributed by atoms with Crippen molar-refractivity contribution >= 4 is 0 Å². The van der Waals surface area contributed by atoms with Gasteiger partial charge in [0.2, 0.25) is 0 Å². The maximum Gasteiger partial charge on any atom is 0.0925 e. The van der Waals surface area contributed by atoms with Gasteiger partial charge in [-0.2, -0.15) is 0 Å². The van der Waals surface area contributed by atoms with E-state index in [1.54, 1.807) is 0 Å². The molecule has 2 N–H and O–H groups in total. The van der Waals surface area contributed by atoms with E-state index in [4.69, 9.17) is 0 Å². The maximum atomic E-state index is 4.37. The van der Waals surface area contributed by atoms with E-state index in [1.165, 1.54) is 17.8 Å². The van der Waals surface area contributed by atoms with Crippen molar-refractivity contribution in [2.75, 3.05) is 6.54 Å². The van der Waals surface area contributed by atoms with Crippen LogP contribution in [0.3, 0.4) is 0 Å². The van der Waals surface area contributed by atoms with Crippen LogP contribution in [0, 0.1) is 5.92 Å². The largest absolute Gasteiger partial charge is 0.348 e. The number of hydrogen-bond donors (Lipinski definition) is 2. The first-order chi connectivity index (χ1) is 6.27.